The van der Waals surface area contributed by atoms with Gasteiger partial charge in [0.1, 0.15) is 11.3 Å². The first kappa shape index (κ1) is 14.4. The number of aryl methyl sites for hydroxylation is 1. The second-order valence-corrected chi connectivity index (χ2v) is 4.47. The van der Waals surface area contributed by atoms with Gasteiger partial charge in [0.05, 0.1) is 0 Å². The van der Waals surface area contributed by atoms with Crippen molar-refractivity contribution in [1.82, 2.24) is 0 Å². The highest BCUT2D eigenvalue weighted by atomic mass is 31.2. The van der Waals surface area contributed by atoms with Crippen LogP contribution in [0.3, 0.4) is 0 Å². The highest BCUT2D eigenvalue weighted by Crippen LogP contribution is 2.25. The first-order valence-electron chi connectivity index (χ1n) is 4.68. The van der Waals surface area contributed by atoms with E-state index < -0.39 is 13.4 Å². The van der Waals surface area contributed by atoms with E-state index in [9.17, 15) is 4.79 Å². The molecule has 8 heteroatoms. The summed E-state index contributed by atoms with van der Waals surface area (Å²) in [7, 11) is -4.64. The fraction of sp³-hybridized carbons (Fsp3) is 0.100. The molecule has 0 aliphatic rings. The molecule has 0 bridgehead atoms. The van der Waals surface area contributed by atoms with Crippen LogP contribution in [-0.2, 0) is 4.57 Å². The molecule has 18 heavy (non-hydrogen) atoms. The number of hydrogen-bond donors (Lipinski definition) is 4. The Morgan fingerprint density at radius 3 is 2.28 bits per heavy atom. The molecular weight excluding hydrogens is 263 g/mol. The minimum Gasteiger partial charge on any atom is -0.508 e. The summed E-state index contributed by atoms with van der Waals surface area (Å²) in [5, 5.41) is 9.99. The highest BCUT2D eigenvalue weighted by Gasteiger charge is 2.01. The summed E-state index contributed by atoms with van der Waals surface area (Å²) in [5.74, 6) is 0.0984. The van der Waals surface area contributed by atoms with E-state index in [-0.39, 0.29) is 5.75 Å². The lowest BCUT2D eigenvalue weighted by atomic mass is 10.1. The molecule has 0 aliphatic heterocycles. The minimum atomic E-state index is -4.64. The number of aromatic hydroxyl groups is 1. The average Bonchev–Trinajstić information content (AvgIpc) is 2.13. The van der Waals surface area contributed by atoms with Gasteiger partial charge in [0, 0.05) is 17.5 Å². The smallest absolute Gasteiger partial charge is 0.466 e. The van der Waals surface area contributed by atoms with Gasteiger partial charge in [-0.25, -0.2) is 9.36 Å². The van der Waals surface area contributed by atoms with Crippen molar-refractivity contribution in [2.75, 3.05) is 0 Å². The Hall–Kier alpha value is -1.66. The van der Waals surface area contributed by atoms with Crippen LogP contribution in [0.4, 0.5) is 0 Å². The summed E-state index contributed by atoms with van der Waals surface area (Å²) >= 11 is 0. The van der Waals surface area contributed by atoms with Crippen LogP contribution in [0.1, 0.15) is 5.56 Å². The molecule has 0 aliphatic carbocycles. The van der Waals surface area contributed by atoms with Gasteiger partial charge in [-0.2, -0.15) is 0 Å². The molecule has 0 spiro atoms. The molecule has 0 amide bonds. The molecule has 0 fully saturated rings. The Balaban J connectivity index is 0.000000280. The lowest BCUT2D eigenvalue weighted by Crippen LogP contribution is -1.97. The molecule has 0 radical (unpaired) electrons. The van der Waals surface area contributed by atoms with Crippen molar-refractivity contribution in [2.24, 2.45) is 0 Å². The van der Waals surface area contributed by atoms with Crippen LogP contribution in [0.2, 0.25) is 0 Å². The second kappa shape index (κ2) is 5.32. The minimum absolute atomic E-state index is 0.0984. The maximum Gasteiger partial charge on any atom is 0.466 e. The number of benzene rings is 1. The van der Waals surface area contributed by atoms with Gasteiger partial charge in [0.25, 0.3) is 0 Å². The maximum absolute atomic E-state index is 11.0. The quantitative estimate of drug-likeness (QED) is 0.414. The third-order valence-electron chi connectivity index (χ3n) is 1.93. The molecule has 0 unspecified atom stereocenters. The fourth-order valence-corrected chi connectivity index (χ4v) is 1.31. The zero-order valence-electron chi connectivity index (χ0n) is 9.27. The number of fused-ring (bicyclic) bond motifs is 1. The average molecular weight is 274 g/mol. The standard InChI is InChI=1S/C10H8O3.H3O4P/c1-6-4-10(12)13-9-5-7(11)2-3-8(6)9;1-5(2,3)4/h2-5,11H,1H3;(H3,1,2,3,4). The predicted molar refractivity (Wildman–Crippen MR) is 63.1 cm³/mol. The van der Waals surface area contributed by atoms with Gasteiger partial charge in [-0.05, 0) is 24.6 Å². The van der Waals surface area contributed by atoms with Crippen molar-refractivity contribution >= 4 is 18.8 Å². The molecule has 2 rings (SSSR count). The Bertz CT molecular complexity index is 647. The van der Waals surface area contributed by atoms with E-state index in [1.807, 2.05) is 6.92 Å². The van der Waals surface area contributed by atoms with E-state index in [1.165, 1.54) is 12.1 Å². The van der Waals surface area contributed by atoms with Crippen molar-refractivity contribution in [1.29, 1.82) is 0 Å². The lowest BCUT2D eigenvalue weighted by molar-refractivity contribution is 0.275. The molecule has 0 saturated carbocycles. The molecular formula is C10H11O7P. The Morgan fingerprint density at radius 2 is 1.72 bits per heavy atom. The maximum atomic E-state index is 11.0. The number of hydrogen-bond acceptors (Lipinski definition) is 4. The largest absolute Gasteiger partial charge is 0.508 e. The third-order valence-corrected chi connectivity index (χ3v) is 1.93. The molecule has 0 saturated heterocycles. The Labute approximate surface area is 101 Å². The number of phosphoric acid groups is 1. The molecule has 1 aromatic heterocycles. The zero-order chi connectivity index (χ0) is 13.9. The van der Waals surface area contributed by atoms with Crippen LogP contribution in [0.5, 0.6) is 5.75 Å². The van der Waals surface area contributed by atoms with E-state index in [0.717, 1.165) is 10.9 Å². The van der Waals surface area contributed by atoms with Crippen molar-refractivity contribution in [3.63, 3.8) is 0 Å². The van der Waals surface area contributed by atoms with Crippen molar-refractivity contribution < 1.29 is 28.8 Å². The van der Waals surface area contributed by atoms with Gasteiger partial charge in [-0.1, -0.05) is 0 Å². The van der Waals surface area contributed by atoms with Gasteiger partial charge >= 0.3 is 13.4 Å². The van der Waals surface area contributed by atoms with Gasteiger partial charge in [-0.3, -0.25) is 0 Å². The zero-order valence-corrected chi connectivity index (χ0v) is 10.2. The van der Waals surface area contributed by atoms with Crippen LogP contribution >= 0.6 is 7.82 Å². The molecule has 4 N–H and O–H groups in total. The third kappa shape index (κ3) is 4.68. The van der Waals surface area contributed by atoms with Crippen molar-refractivity contribution in [3.8, 4) is 5.75 Å². The van der Waals surface area contributed by atoms with Crippen LogP contribution in [0, 0.1) is 6.92 Å². The summed E-state index contributed by atoms with van der Waals surface area (Å²) in [6.45, 7) is 1.83. The number of phenols is 1. The van der Waals surface area contributed by atoms with Crippen LogP contribution in [0.15, 0.2) is 33.5 Å². The second-order valence-electron chi connectivity index (χ2n) is 3.44. The summed E-state index contributed by atoms with van der Waals surface area (Å²) < 4.78 is 13.8. The molecule has 1 aromatic carbocycles. The molecule has 0 atom stereocenters. The summed E-state index contributed by atoms with van der Waals surface area (Å²) in [6.07, 6.45) is 0. The molecule has 98 valence electrons. The first-order valence-corrected chi connectivity index (χ1v) is 6.25. The topological polar surface area (TPSA) is 128 Å². The Kier molecular flexibility index (Phi) is 4.26. The number of rotatable bonds is 0. The lowest BCUT2D eigenvalue weighted by Gasteiger charge is -1.99. The molecule has 2 aromatic rings. The van der Waals surface area contributed by atoms with Gasteiger partial charge in [-0.15, -0.1) is 0 Å². The first-order chi connectivity index (χ1) is 8.16. The van der Waals surface area contributed by atoms with Gasteiger partial charge in [0.15, 0.2) is 0 Å². The van der Waals surface area contributed by atoms with Crippen LogP contribution in [0.25, 0.3) is 11.0 Å². The summed E-state index contributed by atoms with van der Waals surface area (Å²) in [6, 6.07) is 6.15. The van der Waals surface area contributed by atoms with Crippen LogP contribution in [-0.4, -0.2) is 19.8 Å². The highest BCUT2D eigenvalue weighted by molar-refractivity contribution is 7.45. The van der Waals surface area contributed by atoms with E-state index in [1.54, 1.807) is 12.1 Å². The van der Waals surface area contributed by atoms with Crippen molar-refractivity contribution in [3.05, 3.63) is 40.2 Å². The van der Waals surface area contributed by atoms with Crippen LogP contribution < -0.4 is 5.63 Å². The van der Waals surface area contributed by atoms with E-state index in [2.05, 4.69) is 0 Å². The Morgan fingerprint density at radius 1 is 1.17 bits per heavy atom. The van der Waals surface area contributed by atoms with Gasteiger partial charge in [0.2, 0.25) is 0 Å². The predicted octanol–water partition coefficient (Wildman–Crippen LogP) is 0.878. The van der Waals surface area contributed by atoms with E-state index in [0.29, 0.717) is 5.58 Å². The van der Waals surface area contributed by atoms with Crippen molar-refractivity contribution in [2.45, 2.75) is 6.92 Å². The SMILES string of the molecule is Cc1cc(=O)oc2cc(O)ccc12.O=P(O)(O)O. The van der Waals surface area contributed by atoms with E-state index in [4.69, 9.17) is 28.8 Å². The van der Waals surface area contributed by atoms with E-state index >= 15 is 0 Å². The van der Waals surface area contributed by atoms with Gasteiger partial charge < -0.3 is 24.2 Å². The molecule has 1 heterocycles. The number of phenolic OH excluding ortho intramolecular Hbond substituents is 1. The molecule has 7 nitrogen and oxygen atoms in total. The fourth-order valence-electron chi connectivity index (χ4n) is 1.31. The summed E-state index contributed by atoms with van der Waals surface area (Å²) in [4.78, 5) is 32.5. The summed E-state index contributed by atoms with van der Waals surface area (Å²) in [5.41, 5.74) is 0.881. The monoisotopic (exact) mass is 274 g/mol. The normalized spacial score (nSPS) is 10.9.